The van der Waals surface area contributed by atoms with E-state index in [1.165, 1.54) is 5.56 Å². The highest BCUT2D eigenvalue weighted by Crippen LogP contribution is 2.22. The summed E-state index contributed by atoms with van der Waals surface area (Å²) in [6.45, 7) is 2.93. The lowest BCUT2D eigenvalue weighted by Gasteiger charge is -2.19. The minimum absolute atomic E-state index is 0. The van der Waals surface area contributed by atoms with Gasteiger partial charge in [-0.2, -0.15) is 0 Å². The molecule has 8 heteroatoms. The topological polar surface area (TPSA) is 66.6 Å². The fourth-order valence-corrected chi connectivity index (χ4v) is 3.45. The van der Waals surface area contributed by atoms with E-state index in [1.54, 1.807) is 7.05 Å². The first-order valence-corrected chi connectivity index (χ1v) is 9.48. The first-order valence-electron chi connectivity index (χ1n) is 8.69. The van der Waals surface area contributed by atoms with Crippen molar-refractivity contribution in [3.05, 3.63) is 64.5 Å². The second-order valence-corrected chi connectivity index (χ2v) is 6.89. The fraction of sp³-hybridized carbons (Fsp3) is 0.316. The third-order valence-electron chi connectivity index (χ3n) is 4.20. The van der Waals surface area contributed by atoms with Crippen LogP contribution in [0, 0.1) is 0 Å². The van der Waals surface area contributed by atoms with Crippen LogP contribution in [-0.2, 0) is 6.42 Å². The summed E-state index contributed by atoms with van der Waals surface area (Å²) in [5.74, 6) is 1.77. The second-order valence-electron chi connectivity index (χ2n) is 6.04. The summed E-state index contributed by atoms with van der Waals surface area (Å²) < 4.78 is 3.12. The van der Waals surface area contributed by atoms with E-state index in [-0.39, 0.29) is 30.0 Å². The van der Waals surface area contributed by atoms with Crippen LogP contribution >= 0.6 is 39.9 Å². The monoisotopic (exact) mass is 542 g/mol. The minimum Gasteiger partial charge on any atom is -0.356 e. The Morgan fingerprint density at radius 2 is 1.96 bits per heavy atom. The van der Waals surface area contributed by atoms with Crippen molar-refractivity contribution < 1.29 is 0 Å². The molecular formula is C19H24BrIN6. The molecule has 0 fully saturated rings. The molecule has 0 spiro atoms. The van der Waals surface area contributed by atoms with E-state index in [0.717, 1.165) is 41.3 Å². The van der Waals surface area contributed by atoms with Crippen molar-refractivity contribution in [2.45, 2.75) is 25.8 Å². The van der Waals surface area contributed by atoms with Crippen LogP contribution in [0.3, 0.4) is 0 Å². The van der Waals surface area contributed by atoms with Crippen molar-refractivity contribution in [1.29, 1.82) is 0 Å². The molecule has 0 aliphatic carbocycles. The number of fused-ring (bicyclic) bond motifs is 1. The van der Waals surface area contributed by atoms with Crippen LogP contribution in [0.2, 0.25) is 0 Å². The molecule has 0 amide bonds. The number of benzene rings is 1. The number of nitrogens with one attached hydrogen (secondary N) is 2. The van der Waals surface area contributed by atoms with E-state index < -0.39 is 0 Å². The molecule has 0 saturated heterocycles. The molecule has 1 atom stereocenters. The number of halogens is 2. The van der Waals surface area contributed by atoms with Crippen LogP contribution in [0.4, 0.5) is 0 Å². The standard InChI is InChI=1S/C19H23BrN6.HI/c1-14(15-8-3-4-9-16(15)20)23-19(21-2)22-12-7-11-18-25-24-17-10-5-6-13-26(17)18;/h3-6,8-10,13-14H,7,11-12H2,1-2H3,(H2,21,22,23);1H. The lowest BCUT2D eigenvalue weighted by molar-refractivity contribution is 0.666. The molecule has 0 radical (unpaired) electrons. The third kappa shape index (κ3) is 5.65. The molecule has 2 heterocycles. The maximum atomic E-state index is 4.31. The molecule has 0 aliphatic rings. The predicted octanol–water partition coefficient (Wildman–Crippen LogP) is 3.97. The first-order chi connectivity index (χ1) is 12.7. The molecule has 1 aromatic carbocycles. The number of rotatable bonds is 6. The molecule has 3 rings (SSSR count). The smallest absolute Gasteiger partial charge is 0.191 e. The summed E-state index contributed by atoms with van der Waals surface area (Å²) in [4.78, 5) is 4.31. The molecular weight excluding hydrogens is 519 g/mol. The molecule has 144 valence electrons. The normalized spacial score (nSPS) is 12.5. The van der Waals surface area contributed by atoms with E-state index in [9.17, 15) is 0 Å². The first kappa shape index (κ1) is 21.6. The predicted molar refractivity (Wildman–Crippen MR) is 124 cm³/mol. The van der Waals surface area contributed by atoms with Gasteiger partial charge in [0.05, 0.1) is 6.04 Å². The Kier molecular flexibility index (Phi) is 8.49. The molecule has 1 unspecified atom stereocenters. The Morgan fingerprint density at radius 3 is 2.74 bits per heavy atom. The number of hydrogen-bond donors (Lipinski definition) is 2. The van der Waals surface area contributed by atoms with E-state index in [1.807, 2.05) is 47.0 Å². The van der Waals surface area contributed by atoms with Crippen molar-refractivity contribution in [3.8, 4) is 0 Å². The number of nitrogens with zero attached hydrogens (tertiary/aromatic N) is 4. The van der Waals surface area contributed by atoms with Gasteiger partial charge in [0.15, 0.2) is 11.6 Å². The van der Waals surface area contributed by atoms with Gasteiger partial charge in [0, 0.05) is 30.7 Å². The van der Waals surface area contributed by atoms with Crippen molar-refractivity contribution in [1.82, 2.24) is 25.2 Å². The van der Waals surface area contributed by atoms with Gasteiger partial charge in [-0.05, 0) is 37.1 Å². The number of aromatic nitrogens is 3. The van der Waals surface area contributed by atoms with Gasteiger partial charge in [0.25, 0.3) is 0 Å². The molecule has 0 bridgehead atoms. The van der Waals surface area contributed by atoms with Crippen LogP contribution in [0.5, 0.6) is 0 Å². The van der Waals surface area contributed by atoms with Gasteiger partial charge in [0.1, 0.15) is 5.82 Å². The zero-order valence-electron chi connectivity index (χ0n) is 15.4. The van der Waals surface area contributed by atoms with E-state index in [2.05, 4.69) is 54.7 Å². The number of hydrogen-bond acceptors (Lipinski definition) is 3. The van der Waals surface area contributed by atoms with Crippen LogP contribution in [0.25, 0.3) is 5.65 Å². The summed E-state index contributed by atoms with van der Waals surface area (Å²) >= 11 is 3.60. The summed E-state index contributed by atoms with van der Waals surface area (Å²) in [5.41, 5.74) is 2.08. The molecule has 0 aliphatic heterocycles. The zero-order chi connectivity index (χ0) is 18.4. The molecule has 0 saturated carbocycles. The van der Waals surface area contributed by atoms with Crippen molar-refractivity contribution in [2.75, 3.05) is 13.6 Å². The summed E-state index contributed by atoms with van der Waals surface area (Å²) in [7, 11) is 1.79. The van der Waals surface area contributed by atoms with Crippen LogP contribution in [-0.4, -0.2) is 34.2 Å². The quantitative estimate of drug-likeness (QED) is 0.214. The molecule has 6 nitrogen and oxygen atoms in total. The van der Waals surface area contributed by atoms with Crippen molar-refractivity contribution in [3.63, 3.8) is 0 Å². The number of guanidine groups is 1. The van der Waals surface area contributed by atoms with E-state index in [4.69, 9.17) is 0 Å². The van der Waals surface area contributed by atoms with Gasteiger partial charge >= 0.3 is 0 Å². The highest BCUT2D eigenvalue weighted by atomic mass is 127. The van der Waals surface area contributed by atoms with Crippen molar-refractivity contribution in [2.24, 2.45) is 4.99 Å². The Morgan fingerprint density at radius 1 is 1.19 bits per heavy atom. The maximum Gasteiger partial charge on any atom is 0.191 e. The largest absolute Gasteiger partial charge is 0.356 e. The highest BCUT2D eigenvalue weighted by molar-refractivity contribution is 14.0. The highest BCUT2D eigenvalue weighted by Gasteiger charge is 2.10. The number of pyridine rings is 1. The Hall–Kier alpha value is -1.68. The summed E-state index contributed by atoms with van der Waals surface area (Å²) in [6, 6.07) is 14.3. The van der Waals surface area contributed by atoms with E-state index >= 15 is 0 Å². The molecule has 2 aromatic heterocycles. The lowest BCUT2D eigenvalue weighted by atomic mass is 10.1. The number of aryl methyl sites for hydroxylation is 1. The fourth-order valence-electron chi connectivity index (χ4n) is 2.82. The SMILES string of the molecule is CN=C(NCCCc1nnc2ccccn12)NC(C)c1ccccc1Br.I. The Balaban J connectivity index is 0.00000261. The molecule has 27 heavy (non-hydrogen) atoms. The Labute approximate surface area is 185 Å². The average Bonchev–Trinajstić information content (AvgIpc) is 3.07. The van der Waals surface area contributed by atoms with Crippen LogP contribution < -0.4 is 10.6 Å². The average molecular weight is 543 g/mol. The molecule has 2 N–H and O–H groups in total. The van der Waals surface area contributed by atoms with Gasteiger partial charge in [-0.25, -0.2) is 0 Å². The third-order valence-corrected chi connectivity index (χ3v) is 4.92. The minimum atomic E-state index is 0. The van der Waals surface area contributed by atoms with Gasteiger partial charge in [-0.3, -0.25) is 9.39 Å². The van der Waals surface area contributed by atoms with Gasteiger partial charge in [-0.15, -0.1) is 34.2 Å². The summed E-state index contributed by atoms with van der Waals surface area (Å²) in [5, 5.41) is 15.2. The van der Waals surface area contributed by atoms with E-state index in [0.29, 0.717) is 0 Å². The van der Waals surface area contributed by atoms with Gasteiger partial charge < -0.3 is 10.6 Å². The zero-order valence-corrected chi connectivity index (χ0v) is 19.3. The van der Waals surface area contributed by atoms with Gasteiger partial charge in [0.2, 0.25) is 0 Å². The lowest BCUT2D eigenvalue weighted by Crippen LogP contribution is -2.39. The van der Waals surface area contributed by atoms with Gasteiger partial charge in [-0.1, -0.05) is 40.2 Å². The molecule has 3 aromatic rings. The van der Waals surface area contributed by atoms with Crippen LogP contribution in [0.1, 0.15) is 30.8 Å². The maximum absolute atomic E-state index is 4.31. The van der Waals surface area contributed by atoms with Crippen molar-refractivity contribution >= 4 is 51.5 Å². The second kappa shape index (κ2) is 10.6. The Bertz CT molecular complexity index is 895. The van der Waals surface area contributed by atoms with Crippen LogP contribution in [0.15, 0.2) is 58.1 Å². The number of aliphatic imine (C=N–C) groups is 1. The summed E-state index contributed by atoms with van der Waals surface area (Å²) in [6.07, 6.45) is 3.80.